The highest BCUT2D eigenvalue weighted by atomic mass is 16.2. The van der Waals surface area contributed by atoms with Crippen LogP contribution in [0.3, 0.4) is 0 Å². The van der Waals surface area contributed by atoms with Crippen molar-refractivity contribution in [2.24, 2.45) is 0 Å². The summed E-state index contributed by atoms with van der Waals surface area (Å²) in [6.45, 7) is 2.44. The summed E-state index contributed by atoms with van der Waals surface area (Å²) in [5.41, 5.74) is 2.87. The van der Waals surface area contributed by atoms with E-state index in [1.165, 1.54) is 0 Å². The molecule has 2 aromatic heterocycles. The van der Waals surface area contributed by atoms with Crippen LogP contribution >= 0.6 is 0 Å². The highest BCUT2D eigenvalue weighted by Crippen LogP contribution is 2.15. The molecule has 0 unspecified atom stereocenters. The maximum absolute atomic E-state index is 12.2. The average molecular weight is 370 g/mol. The van der Waals surface area contributed by atoms with Gasteiger partial charge in [-0.3, -0.25) is 14.5 Å². The first-order valence-electron chi connectivity index (χ1n) is 9.20. The molecule has 27 heavy (non-hydrogen) atoms. The predicted molar refractivity (Wildman–Crippen MR) is 101 cm³/mol. The molecule has 0 saturated carbocycles. The van der Waals surface area contributed by atoms with Crippen molar-refractivity contribution in [2.75, 3.05) is 20.6 Å². The number of amides is 3. The van der Waals surface area contributed by atoms with Crippen LogP contribution < -0.4 is 5.32 Å². The van der Waals surface area contributed by atoms with Gasteiger partial charge in [-0.25, -0.2) is 4.79 Å². The highest BCUT2D eigenvalue weighted by molar-refractivity contribution is 5.76. The monoisotopic (exact) mass is 370 g/mol. The summed E-state index contributed by atoms with van der Waals surface area (Å²) < 4.78 is 1.94. The quantitative estimate of drug-likeness (QED) is 0.863. The molecule has 3 amide bonds. The maximum Gasteiger partial charge on any atom is 0.319 e. The van der Waals surface area contributed by atoms with Gasteiger partial charge in [0.2, 0.25) is 5.91 Å². The van der Waals surface area contributed by atoms with Gasteiger partial charge in [-0.1, -0.05) is 6.07 Å². The Labute approximate surface area is 159 Å². The van der Waals surface area contributed by atoms with Crippen LogP contribution in [0.4, 0.5) is 4.79 Å². The van der Waals surface area contributed by atoms with Gasteiger partial charge < -0.3 is 15.1 Å². The van der Waals surface area contributed by atoms with Gasteiger partial charge in [0.1, 0.15) is 0 Å². The van der Waals surface area contributed by atoms with Crippen molar-refractivity contribution in [3.05, 3.63) is 47.5 Å². The van der Waals surface area contributed by atoms with Gasteiger partial charge >= 0.3 is 6.03 Å². The number of fused-ring (bicyclic) bond motifs is 1. The number of nitrogens with zero attached hydrogens (tertiary/aromatic N) is 5. The van der Waals surface area contributed by atoms with Crippen LogP contribution in [0.25, 0.3) is 0 Å². The number of aryl methyl sites for hydroxylation is 2. The largest absolute Gasteiger partial charge is 0.350 e. The van der Waals surface area contributed by atoms with Crippen LogP contribution in [0.15, 0.2) is 30.6 Å². The lowest BCUT2D eigenvalue weighted by Crippen LogP contribution is -2.38. The standard InChI is InChI=1S/C19H26N6O2/c1-23(2)19(27)24-9-4-10-25-17(14-24)11-16(22-25)13-21-18(26)7-6-15-5-3-8-20-12-15/h3,5,8,11-12H,4,6-7,9-10,13-14H2,1-2H3,(H,21,26). The molecule has 1 aliphatic heterocycles. The Morgan fingerprint density at radius 3 is 2.89 bits per heavy atom. The highest BCUT2D eigenvalue weighted by Gasteiger charge is 2.21. The van der Waals surface area contributed by atoms with Crippen LogP contribution in [0, 0.1) is 0 Å². The van der Waals surface area contributed by atoms with E-state index in [0.29, 0.717) is 25.9 Å². The van der Waals surface area contributed by atoms with Gasteiger partial charge in [0.15, 0.2) is 0 Å². The molecule has 0 fully saturated rings. The van der Waals surface area contributed by atoms with E-state index >= 15 is 0 Å². The van der Waals surface area contributed by atoms with Crippen LogP contribution in [0.5, 0.6) is 0 Å². The Morgan fingerprint density at radius 2 is 2.15 bits per heavy atom. The first-order chi connectivity index (χ1) is 13.0. The van der Waals surface area contributed by atoms with Crippen LogP contribution in [-0.4, -0.2) is 57.1 Å². The van der Waals surface area contributed by atoms with E-state index in [1.807, 2.05) is 27.8 Å². The molecule has 1 aliphatic rings. The summed E-state index contributed by atoms with van der Waals surface area (Å²) in [7, 11) is 3.52. The number of carbonyl (C=O) groups is 2. The number of rotatable bonds is 5. The molecule has 144 valence electrons. The third-order valence-corrected chi connectivity index (χ3v) is 4.55. The number of nitrogens with one attached hydrogen (secondary N) is 1. The Kier molecular flexibility index (Phi) is 6.05. The third kappa shape index (κ3) is 5.06. The number of aromatic nitrogens is 3. The second-order valence-corrected chi connectivity index (χ2v) is 6.94. The Bertz CT molecular complexity index is 787. The SMILES string of the molecule is CN(C)C(=O)N1CCCn2nc(CNC(=O)CCc3cccnc3)cc2C1. The van der Waals surface area contributed by atoms with Gasteiger partial charge in [0.05, 0.1) is 24.5 Å². The van der Waals surface area contributed by atoms with Crippen molar-refractivity contribution in [1.29, 1.82) is 0 Å². The van der Waals surface area contributed by atoms with E-state index < -0.39 is 0 Å². The minimum atomic E-state index is -0.00791. The molecule has 0 bridgehead atoms. The lowest BCUT2D eigenvalue weighted by atomic mass is 10.1. The maximum atomic E-state index is 12.2. The Hall–Kier alpha value is -2.90. The number of hydrogen-bond donors (Lipinski definition) is 1. The van der Waals surface area contributed by atoms with Gasteiger partial charge in [-0.15, -0.1) is 0 Å². The normalized spacial score (nSPS) is 13.6. The molecule has 0 atom stereocenters. The topological polar surface area (TPSA) is 83.4 Å². The Morgan fingerprint density at radius 1 is 1.30 bits per heavy atom. The molecule has 0 aliphatic carbocycles. The molecule has 0 spiro atoms. The van der Waals surface area contributed by atoms with Crippen molar-refractivity contribution >= 4 is 11.9 Å². The number of hydrogen-bond acceptors (Lipinski definition) is 4. The van der Waals surface area contributed by atoms with Crippen molar-refractivity contribution in [1.82, 2.24) is 29.9 Å². The lowest BCUT2D eigenvalue weighted by molar-refractivity contribution is -0.121. The molecule has 0 aromatic carbocycles. The summed E-state index contributed by atoms with van der Waals surface area (Å²) in [5.74, 6) is -0.00791. The molecule has 1 N–H and O–H groups in total. The van der Waals surface area contributed by atoms with Crippen molar-refractivity contribution in [3.8, 4) is 0 Å². The summed E-state index contributed by atoms with van der Waals surface area (Å²) in [6, 6.07) is 5.82. The molecular formula is C19H26N6O2. The predicted octanol–water partition coefficient (Wildman–Crippen LogP) is 1.41. The lowest BCUT2D eigenvalue weighted by Gasteiger charge is -2.23. The third-order valence-electron chi connectivity index (χ3n) is 4.55. The van der Waals surface area contributed by atoms with Gasteiger partial charge in [0.25, 0.3) is 0 Å². The zero-order chi connectivity index (χ0) is 19.2. The van der Waals surface area contributed by atoms with E-state index in [1.54, 1.807) is 31.4 Å². The summed E-state index contributed by atoms with van der Waals surface area (Å²) >= 11 is 0. The molecule has 8 nitrogen and oxygen atoms in total. The number of pyridine rings is 1. The molecule has 0 radical (unpaired) electrons. The van der Waals surface area contributed by atoms with Crippen molar-refractivity contribution in [2.45, 2.75) is 38.9 Å². The van der Waals surface area contributed by atoms with Gasteiger partial charge in [-0.05, 0) is 30.5 Å². The molecule has 2 aromatic rings. The first-order valence-corrected chi connectivity index (χ1v) is 9.20. The van der Waals surface area contributed by atoms with Gasteiger partial charge in [0, 0.05) is 46.0 Å². The fourth-order valence-corrected chi connectivity index (χ4v) is 3.14. The van der Waals surface area contributed by atoms with Crippen LogP contribution in [0.2, 0.25) is 0 Å². The minimum absolute atomic E-state index is 0.00791. The van der Waals surface area contributed by atoms with E-state index in [-0.39, 0.29) is 11.9 Å². The van der Waals surface area contributed by atoms with Crippen molar-refractivity contribution < 1.29 is 9.59 Å². The number of carbonyl (C=O) groups excluding carboxylic acids is 2. The molecule has 8 heteroatoms. The summed E-state index contributed by atoms with van der Waals surface area (Å²) in [4.78, 5) is 31.8. The van der Waals surface area contributed by atoms with E-state index in [2.05, 4.69) is 15.4 Å². The smallest absolute Gasteiger partial charge is 0.319 e. The zero-order valence-corrected chi connectivity index (χ0v) is 15.9. The van der Waals surface area contributed by atoms with Crippen molar-refractivity contribution in [3.63, 3.8) is 0 Å². The molecule has 0 saturated heterocycles. The van der Waals surface area contributed by atoms with Crippen LogP contribution in [0.1, 0.15) is 29.8 Å². The fourth-order valence-electron chi connectivity index (χ4n) is 3.14. The summed E-state index contributed by atoms with van der Waals surface area (Å²) in [5, 5.41) is 7.50. The second kappa shape index (κ2) is 8.66. The summed E-state index contributed by atoms with van der Waals surface area (Å²) in [6.07, 6.45) is 5.45. The minimum Gasteiger partial charge on any atom is -0.350 e. The molecular weight excluding hydrogens is 344 g/mol. The Balaban J connectivity index is 1.53. The van der Waals surface area contributed by atoms with Gasteiger partial charge in [-0.2, -0.15) is 5.10 Å². The average Bonchev–Trinajstić information content (AvgIpc) is 2.95. The first kappa shape index (κ1) is 18.9. The molecule has 3 rings (SSSR count). The van der Waals surface area contributed by atoms with Crippen LogP contribution in [-0.2, 0) is 30.8 Å². The van der Waals surface area contributed by atoms with E-state index in [0.717, 1.165) is 36.5 Å². The molecule has 3 heterocycles. The zero-order valence-electron chi connectivity index (χ0n) is 15.9. The number of urea groups is 1. The fraction of sp³-hybridized carbons (Fsp3) is 0.474. The van der Waals surface area contributed by atoms with E-state index in [4.69, 9.17) is 0 Å². The second-order valence-electron chi connectivity index (χ2n) is 6.94. The van der Waals surface area contributed by atoms with E-state index in [9.17, 15) is 9.59 Å².